The molecule has 0 saturated carbocycles. The predicted octanol–water partition coefficient (Wildman–Crippen LogP) is 5.31. The number of hydrogen-bond acceptors (Lipinski definition) is 8. The fraction of sp³-hybridized carbons (Fsp3) is 0.304. The molecule has 1 fully saturated rings. The third kappa shape index (κ3) is 4.55. The smallest absolute Gasteiger partial charge is 0.252 e. The molecule has 0 bridgehead atoms. The van der Waals surface area contributed by atoms with Crippen LogP contribution in [0, 0.1) is 5.92 Å². The van der Waals surface area contributed by atoms with Gasteiger partial charge in [0.15, 0.2) is 5.13 Å². The van der Waals surface area contributed by atoms with E-state index in [2.05, 4.69) is 0 Å². The van der Waals surface area contributed by atoms with Gasteiger partial charge in [-0.1, -0.05) is 23.5 Å². The number of fused-ring (bicyclic) bond motifs is 1. The van der Waals surface area contributed by atoms with E-state index in [0.717, 1.165) is 15.1 Å². The predicted molar refractivity (Wildman–Crippen MR) is 137 cm³/mol. The molecule has 4 aromatic rings. The third-order valence-electron chi connectivity index (χ3n) is 5.87. The lowest BCUT2D eigenvalue weighted by atomic mass is 9.96. The first-order chi connectivity index (χ1) is 16.5. The minimum Gasteiger partial charge on any atom is -0.467 e. The number of para-hydroxylation sites is 1. The average Bonchev–Trinajstić information content (AvgIpc) is 3.63. The molecule has 0 N–H and O–H groups in total. The monoisotopic (exact) mass is 533 g/mol. The fourth-order valence-electron chi connectivity index (χ4n) is 4.09. The lowest BCUT2D eigenvalue weighted by Crippen LogP contribution is -2.44. The van der Waals surface area contributed by atoms with Crippen LogP contribution in [-0.2, 0) is 21.4 Å². The maximum atomic E-state index is 13.7. The van der Waals surface area contributed by atoms with Crippen molar-refractivity contribution in [3.05, 3.63) is 59.9 Å². The van der Waals surface area contributed by atoms with E-state index in [4.69, 9.17) is 9.40 Å². The number of carbonyl (C=O) groups excluding carboxylic acids is 1. The number of furan rings is 1. The second-order valence-corrected chi connectivity index (χ2v) is 12.9. The molecule has 3 aromatic heterocycles. The van der Waals surface area contributed by atoms with E-state index in [1.54, 1.807) is 46.5 Å². The number of anilines is 1. The molecule has 0 aliphatic carbocycles. The summed E-state index contributed by atoms with van der Waals surface area (Å²) in [5.74, 6) is 0.349. The number of thiophene rings is 1. The lowest BCUT2D eigenvalue weighted by molar-refractivity contribution is -0.123. The normalized spacial score (nSPS) is 15.7. The van der Waals surface area contributed by atoms with Crippen molar-refractivity contribution < 1.29 is 17.6 Å². The van der Waals surface area contributed by atoms with Crippen LogP contribution in [0.25, 0.3) is 10.2 Å². The van der Waals surface area contributed by atoms with Gasteiger partial charge in [0.25, 0.3) is 10.0 Å². The lowest BCUT2D eigenvalue weighted by Gasteiger charge is -2.32. The molecule has 0 radical (unpaired) electrons. The first kappa shape index (κ1) is 23.6. The van der Waals surface area contributed by atoms with Crippen LogP contribution < -0.4 is 4.90 Å². The van der Waals surface area contributed by atoms with Crippen molar-refractivity contribution in [3.63, 3.8) is 0 Å². The van der Waals surface area contributed by atoms with Crippen molar-refractivity contribution >= 4 is 65.7 Å². The summed E-state index contributed by atoms with van der Waals surface area (Å²) in [6.45, 7) is 0.928. The molecule has 0 unspecified atom stereocenters. The molecule has 1 aliphatic rings. The van der Waals surface area contributed by atoms with E-state index in [9.17, 15) is 13.2 Å². The summed E-state index contributed by atoms with van der Waals surface area (Å²) in [5, 5.41) is 2.39. The SMILES string of the molecule is CSc1cccc2sc(N(Cc3ccco3)C(=O)C3CCN(S(=O)(=O)c4cccs4)CC3)nc12. The largest absolute Gasteiger partial charge is 0.467 e. The Kier molecular flexibility index (Phi) is 6.81. The second-order valence-electron chi connectivity index (χ2n) is 7.92. The third-order valence-corrected chi connectivity index (χ3v) is 11.0. The Morgan fingerprint density at radius 2 is 2.03 bits per heavy atom. The topological polar surface area (TPSA) is 83.7 Å². The highest BCUT2D eigenvalue weighted by atomic mass is 32.2. The van der Waals surface area contributed by atoms with Crippen LogP contribution in [0.2, 0.25) is 0 Å². The Morgan fingerprint density at radius 1 is 1.21 bits per heavy atom. The molecule has 0 spiro atoms. The van der Waals surface area contributed by atoms with Gasteiger partial charge in [-0.3, -0.25) is 9.69 Å². The number of benzene rings is 1. The van der Waals surface area contributed by atoms with Crippen molar-refractivity contribution in [3.8, 4) is 0 Å². The number of nitrogens with zero attached hydrogens (tertiary/aromatic N) is 3. The Labute approximate surface area is 210 Å². The van der Waals surface area contributed by atoms with Gasteiger partial charge in [0.05, 0.1) is 23.0 Å². The maximum absolute atomic E-state index is 13.7. The highest BCUT2D eigenvalue weighted by Crippen LogP contribution is 2.36. The van der Waals surface area contributed by atoms with Crippen LogP contribution in [0.5, 0.6) is 0 Å². The first-order valence-electron chi connectivity index (χ1n) is 10.8. The van der Waals surface area contributed by atoms with E-state index in [1.807, 2.05) is 30.5 Å². The number of thioether (sulfide) groups is 1. The standard InChI is InChI=1S/C23H23N3O4S4/c1-31-18-6-2-7-19-21(18)24-23(33-19)26(15-17-5-3-13-30-17)22(27)16-9-11-25(12-10-16)34(28,29)20-8-4-14-32-20/h2-8,13-14,16H,9-12,15H2,1H3. The zero-order valence-electron chi connectivity index (χ0n) is 18.4. The van der Waals surface area contributed by atoms with Crippen LogP contribution in [-0.4, -0.2) is 43.0 Å². The van der Waals surface area contributed by atoms with Gasteiger partial charge in [-0.05, 0) is 54.8 Å². The number of hydrogen-bond donors (Lipinski definition) is 0. The summed E-state index contributed by atoms with van der Waals surface area (Å²) in [6, 6.07) is 13.0. The van der Waals surface area contributed by atoms with Crippen molar-refractivity contribution in [1.29, 1.82) is 0 Å². The fourth-order valence-corrected chi connectivity index (χ4v) is 8.33. The summed E-state index contributed by atoms with van der Waals surface area (Å²) >= 11 is 4.33. The van der Waals surface area contributed by atoms with Gasteiger partial charge in [0.1, 0.15) is 9.97 Å². The molecule has 1 aromatic carbocycles. The molecule has 5 rings (SSSR count). The maximum Gasteiger partial charge on any atom is 0.252 e. The Morgan fingerprint density at radius 3 is 2.71 bits per heavy atom. The first-order valence-corrected chi connectivity index (χ1v) is 15.1. The molecule has 1 amide bonds. The van der Waals surface area contributed by atoms with E-state index < -0.39 is 10.0 Å². The minimum atomic E-state index is -3.51. The van der Waals surface area contributed by atoms with Crippen LogP contribution in [0.4, 0.5) is 5.13 Å². The van der Waals surface area contributed by atoms with Gasteiger partial charge in [-0.2, -0.15) is 4.31 Å². The van der Waals surface area contributed by atoms with E-state index in [-0.39, 0.29) is 18.4 Å². The molecule has 4 heterocycles. The highest BCUT2D eigenvalue weighted by Gasteiger charge is 2.35. The highest BCUT2D eigenvalue weighted by molar-refractivity contribution is 7.98. The summed E-state index contributed by atoms with van der Waals surface area (Å²) in [6.07, 6.45) is 4.55. The van der Waals surface area contributed by atoms with Crippen molar-refractivity contribution in [2.75, 3.05) is 24.2 Å². The number of sulfonamides is 1. The van der Waals surface area contributed by atoms with Crippen LogP contribution in [0.15, 0.2) is 67.6 Å². The van der Waals surface area contributed by atoms with E-state index in [1.165, 1.54) is 27.0 Å². The van der Waals surface area contributed by atoms with Crippen LogP contribution in [0.3, 0.4) is 0 Å². The summed E-state index contributed by atoms with van der Waals surface area (Å²) in [7, 11) is -3.51. The van der Waals surface area contributed by atoms with Gasteiger partial charge in [-0.15, -0.1) is 23.1 Å². The van der Waals surface area contributed by atoms with E-state index in [0.29, 0.717) is 41.0 Å². The number of amides is 1. The van der Waals surface area contributed by atoms with Crippen molar-refractivity contribution in [2.24, 2.45) is 5.92 Å². The van der Waals surface area contributed by atoms with Gasteiger partial charge in [0, 0.05) is 23.9 Å². The molecular formula is C23H23N3O4S4. The molecule has 11 heteroatoms. The van der Waals surface area contributed by atoms with Gasteiger partial charge >= 0.3 is 0 Å². The number of piperidine rings is 1. The molecule has 34 heavy (non-hydrogen) atoms. The summed E-state index contributed by atoms with van der Waals surface area (Å²) in [4.78, 5) is 21.3. The number of thiazole rings is 1. The van der Waals surface area contributed by atoms with Crippen LogP contribution >= 0.6 is 34.4 Å². The Balaban J connectivity index is 1.39. The number of carbonyl (C=O) groups is 1. The van der Waals surface area contributed by atoms with Gasteiger partial charge in [-0.25, -0.2) is 13.4 Å². The molecule has 178 valence electrons. The second kappa shape index (κ2) is 9.82. The summed E-state index contributed by atoms with van der Waals surface area (Å²) < 4.78 is 34.1. The number of aromatic nitrogens is 1. The van der Waals surface area contributed by atoms with Crippen molar-refractivity contribution in [2.45, 2.75) is 28.5 Å². The quantitative estimate of drug-likeness (QED) is 0.300. The Hall–Kier alpha value is -2.18. The van der Waals surface area contributed by atoms with E-state index >= 15 is 0 Å². The van der Waals surface area contributed by atoms with Crippen LogP contribution in [0.1, 0.15) is 18.6 Å². The number of rotatable bonds is 7. The average molecular weight is 534 g/mol. The Bertz CT molecular complexity index is 1370. The molecule has 0 atom stereocenters. The molecule has 1 saturated heterocycles. The van der Waals surface area contributed by atoms with Gasteiger partial charge in [0.2, 0.25) is 5.91 Å². The minimum absolute atomic E-state index is 0.0469. The summed E-state index contributed by atoms with van der Waals surface area (Å²) in [5.41, 5.74) is 0.893. The molecule has 7 nitrogen and oxygen atoms in total. The molecular weight excluding hydrogens is 511 g/mol. The van der Waals surface area contributed by atoms with Gasteiger partial charge < -0.3 is 4.42 Å². The zero-order chi connectivity index (χ0) is 23.7. The van der Waals surface area contributed by atoms with Crippen molar-refractivity contribution in [1.82, 2.24) is 9.29 Å². The molecule has 1 aliphatic heterocycles. The zero-order valence-corrected chi connectivity index (χ0v) is 21.7.